The molecule has 0 spiro atoms. The molecule has 0 fully saturated rings. The number of H-pyrrole nitrogens is 1. The minimum absolute atomic E-state index is 0.145. The Labute approximate surface area is 159 Å². The van der Waals surface area contributed by atoms with Gasteiger partial charge in [-0.15, -0.1) is 0 Å². The Balaban J connectivity index is 1.44. The van der Waals surface area contributed by atoms with Crippen molar-refractivity contribution in [2.45, 2.75) is 38.4 Å². The molecule has 2 N–H and O–H groups in total. The number of carbonyl (C=O) groups excluding carboxylic acids is 1. The molecule has 1 aliphatic heterocycles. The van der Waals surface area contributed by atoms with E-state index in [1.807, 2.05) is 6.07 Å². The van der Waals surface area contributed by atoms with Crippen molar-refractivity contribution in [2.75, 3.05) is 0 Å². The Morgan fingerprint density at radius 3 is 2.89 bits per heavy atom. The molecule has 1 aromatic carbocycles. The van der Waals surface area contributed by atoms with Crippen molar-refractivity contribution >= 4 is 22.8 Å². The first-order valence-electron chi connectivity index (χ1n) is 9.02. The normalized spacial score (nSPS) is 16.1. The first kappa shape index (κ1) is 17.9. The van der Waals surface area contributed by atoms with Crippen LogP contribution in [0, 0.1) is 0 Å². The van der Waals surface area contributed by atoms with Gasteiger partial charge >= 0.3 is 5.97 Å². The third-order valence-corrected chi connectivity index (χ3v) is 5.03. The summed E-state index contributed by atoms with van der Waals surface area (Å²) in [5.74, 6) is -1.30. The molecule has 144 valence electrons. The monoisotopic (exact) mass is 381 g/mol. The van der Waals surface area contributed by atoms with E-state index in [4.69, 9.17) is 0 Å². The molecule has 2 aromatic heterocycles. The molecular weight excluding hydrogens is 362 g/mol. The Bertz CT molecular complexity index is 1100. The van der Waals surface area contributed by atoms with Crippen LogP contribution in [0.25, 0.3) is 10.9 Å². The summed E-state index contributed by atoms with van der Waals surface area (Å²) in [6, 6.07) is 6.18. The maximum Gasteiger partial charge on any atom is 0.326 e. The van der Waals surface area contributed by atoms with Crippen molar-refractivity contribution in [3.63, 3.8) is 0 Å². The lowest BCUT2D eigenvalue weighted by Crippen LogP contribution is -2.48. The number of carbonyl (C=O) groups is 2. The predicted octanol–water partition coefficient (Wildman–Crippen LogP) is 0.938. The largest absolute Gasteiger partial charge is 0.480 e. The van der Waals surface area contributed by atoms with Crippen molar-refractivity contribution in [3.05, 3.63) is 58.7 Å². The van der Waals surface area contributed by atoms with Crippen LogP contribution in [-0.4, -0.2) is 47.4 Å². The summed E-state index contributed by atoms with van der Waals surface area (Å²) in [7, 11) is 0. The second-order valence-corrected chi connectivity index (χ2v) is 6.77. The van der Waals surface area contributed by atoms with Crippen LogP contribution in [0.1, 0.15) is 24.2 Å². The molecule has 0 bridgehead atoms. The Morgan fingerprint density at radius 1 is 1.25 bits per heavy atom. The highest BCUT2D eigenvalue weighted by Gasteiger charge is 2.35. The zero-order chi connectivity index (χ0) is 19.7. The van der Waals surface area contributed by atoms with Crippen LogP contribution in [0.15, 0.2) is 41.7 Å². The molecule has 1 aliphatic rings. The van der Waals surface area contributed by atoms with Gasteiger partial charge in [0.1, 0.15) is 6.04 Å². The number of hydrogen-bond donors (Lipinski definition) is 2. The number of nitrogens with zero attached hydrogens (tertiary/aromatic N) is 4. The average molecular weight is 381 g/mol. The molecule has 0 aliphatic carbocycles. The van der Waals surface area contributed by atoms with Gasteiger partial charge in [-0.3, -0.25) is 14.2 Å². The predicted molar refractivity (Wildman–Crippen MR) is 99.5 cm³/mol. The van der Waals surface area contributed by atoms with Gasteiger partial charge in [-0.05, 0) is 18.6 Å². The summed E-state index contributed by atoms with van der Waals surface area (Å²) in [5.41, 5.74) is 1.93. The van der Waals surface area contributed by atoms with E-state index in [0.717, 1.165) is 5.69 Å². The van der Waals surface area contributed by atoms with Crippen LogP contribution < -0.4 is 5.56 Å². The van der Waals surface area contributed by atoms with Gasteiger partial charge in [0, 0.05) is 19.4 Å². The lowest BCUT2D eigenvalue weighted by atomic mass is 10.0. The summed E-state index contributed by atoms with van der Waals surface area (Å²) in [6.07, 6.45) is 3.74. The lowest BCUT2D eigenvalue weighted by molar-refractivity contribution is -0.151. The molecule has 9 heteroatoms. The maximum absolute atomic E-state index is 12.7. The van der Waals surface area contributed by atoms with Gasteiger partial charge in [-0.2, -0.15) is 0 Å². The molecule has 1 unspecified atom stereocenters. The number of benzene rings is 1. The summed E-state index contributed by atoms with van der Waals surface area (Å²) in [5, 5.41) is 10.0. The number of carboxylic acid groups (broad SMARTS) is 1. The summed E-state index contributed by atoms with van der Waals surface area (Å²) in [6.45, 7) is 0.534. The number of fused-ring (bicyclic) bond motifs is 2. The molecule has 1 atom stereocenters. The number of nitrogens with one attached hydrogen (secondary N) is 1. The molecule has 3 heterocycles. The van der Waals surface area contributed by atoms with E-state index in [0.29, 0.717) is 29.6 Å². The van der Waals surface area contributed by atoms with Gasteiger partial charge < -0.3 is 15.0 Å². The first-order valence-corrected chi connectivity index (χ1v) is 9.02. The van der Waals surface area contributed by atoms with E-state index < -0.39 is 12.0 Å². The third-order valence-electron chi connectivity index (χ3n) is 5.03. The first-order chi connectivity index (χ1) is 13.5. The van der Waals surface area contributed by atoms with E-state index in [-0.39, 0.29) is 30.9 Å². The van der Waals surface area contributed by atoms with Crippen LogP contribution in [0.5, 0.6) is 0 Å². The van der Waals surface area contributed by atoms with Gasteiger partial charge in [0.2, 0.25) is 5.91 Å². The third kappa shape index (κ3) is 3.26. The van der Waals surface area contributed by atoms with Crippen molar-refractivity contribution in [1.29, 1.82) is 0 Å². The molecule has 3 aromatic rings. The van der Waals surface area contributed by atoms with Gasteiger partial charge in [-0.25, -0.2) is 14.8 Å². The highest BCUT2D eigenvalue weighted by Crippen LogP contribution is 2.22. The van der Waals surface area contributed by atoms with Gasteiger partial charge in [0.25, 0.3) is 5.56 Å². The highest BCUT2D eigenvalue weighted by molar-refractivity contribution is 5.84. The Morgan fingerprint density at radius 2 is 2.07 bits per heavy atom. The van der Waals surface area contributed by atoms with E-state index in [1.165, 1.54) is 22.1 Å². The standard InChI is InChI=1S/C19H19N5O4/c25-17(24-9-15-14(20-10-21-15)8-16(24)19(27)28)6-3-7-23-11-22-13-5-2-1-4-12(13)18(23)26/h1-2,4-5,10-11,16H,3,6-9H2,(H,20,21)(H,27,28). The summed E-state index contributed by atoms with van der Waals surface area (Å²) < 4.78 is 1.48. The SMILES string of the molecule is O=C(O)C1Cc2nc[nH]c2CN1C(=O)CCCn1cnc2ccccc2c1=O. The van der Waals surface area contributed by atoms with Crippen LogP contribution in [0.2, 0.25) is 0 Å². The fourth-order valence-corrected chi connectivity index (χ4v) is 3.53. The second kappa shape index (κ2) is 7.26. The fourth-order valence-electron chi connectivity index (χ4n) is 3.53. The summed E-state index contributed by atoms with van der Waals surface area (Å²) >= 11 is 0. The quantitative estimate of drug-likeness (QED) is 0.678. The smallest absolute Gasteiger partial charge is 0.326 e. The molecule has 1 amide bonds. The number of aromatic nitrogens is 4. The van der Waals surface area contributed by atoms with Gasteiger partial charge in [-0.1, -0.05) is 12.1 Å². The second-order valence-electron chi connectivity index (χ2n) is 6.77. The molecule has 0 radical (unpaired) electrons. The zero-order valence-corrected chi connectivity index (χ0v) is 15.0. The molecule has 0 saturated carbocycles. The minimum Gasteiger partial charge on any atom is -0.480 e. The topological polar surface area (TPSA) is 121 Å². The fraction of sp³-hybridized carbons (Fsp3) is 0.316. The number of hydrogen-bond acceptors (Lipinski definition) is 5. The molecule has 4 rings (SSSR count). The molecule has 28 heavy (non-hydrogen) atoms. The number of aryl methyl sites for hydroxylation is 1. The van der Waals surface area contributed by atoms with Crippen LogP contribution >= 0.6 is 0 Å². The number of aromatic amines is 1. The minimum atomic E-state index is -1.04. The Kier molecular flexibility index (Phi) is 4.64. The molecule has 9 nitrogen and oxygen atoms in total. The van der Waals surface area contributed by atoms with Crippen LogP contribution in [-0.2, 0) is 29.1 Å². The highest BCUT2D eigenvalue weighted by atomic mass is 16.4. The molecular formula is C19H19N5O4. The van der Waals surface area contributed by atoms with E-state index in [2.05, 4.69) is 15.0 Å². The van der Waals surface area contributed by atoms with Crippen molar-refractivity contribution in [1.82, 2.24) is 24.4 Å². The van der Waals surface area contributed by atoms with E-state index >= 15 is 0 Å². The van der Waals surface area contributed by atoms with Crippen molar-refractivity contribution < 1.29 is 14.7 Å². The van der Waals surface area contributed by atoms with Gasteiger partial charge in [0.05, 0.1) is 41.5 Å². The lowest BCUT2D eigenvalue weighted by Gasteiger charge is -2.32. The number of rotatable bonds is 5. The number of amides is 1. The van der Waals surface area contributed by atoms with Crippen LogP contribution in [0.3, 0.4) is 0 Å². The summed E-state index contributed by atoms with van der Waals surface area (Å²) in [4.78, 5) is 49.4. The Hall–Kier alpha value is -3.49. The zero-order valence-electron chi connectivity index (χ0n) is 15.0. The number of imidazole rings is 1. The maximum atomic E-state index is 12.7. The van der Waals surface area contributed by atoms with Crippen molar-refractivity contribution in [2.24, 2.45) is 0 Å². The van der Waals surface area contributed by atoms with Gasteiger partial charge in [0.15, 0.2) is 0 Å². The van der Waals surface area contributed by atoms with Crippen LogP contribution in [0.4, 0.5) is 0 Å². The number of carboxylic acids is 1. The number of aliphatic carboxylic acids is 1. The van der Waals surface area contributed by atoms with Crippen molar-refractivity contribution in [3.8, 4) is 0 Å². The molecule has 0 saturated heterocycles. The van der Waals surface area contributed by atoms with E-state index in [9.17, 15) is 19.5 Å². The van der Waals surface area contributed by atoms with E-state index in [1.54, 1.807) is 18.2 Å². The number of para-hydroxylation sites is 1. The average Bonchev–Trinajstić information content (AvgIpc) is 3.16.